The maximum absolute atomic E-state index is 13.1. The van der Waals surface area contributed by atoms with Crippen LogP contribution in [0.2, 0.25) is 0 Å². The highest BCUT2D eigenvalue weighted by atomic mass is 16.5. The number of aromatic nitrogens is 2. The number of phenolic OH excluding ortho intramolecular Hbond substituents is 1. The van der Waals surface area contributed by atoms with Crippen molar-refractivity contribution in [1.29, 1.82) is 0 Å². The van der Waals surface area contributed by atoms with Crippen LogP contribution in [0.4, 0.5) is 0 Å². The minimum atomic E-state index is -0.299. The van der Waals surface area contributed by atoms with Crippen LogP contribution in [0.5, 0.6) is 5.75 Å². The molecule has 2 unspecified atom stereocenters. The van der Waals surface area contributed by atoms with Gasteiger partial charge in [0.05, 0.1) is 40.9 Å². The standard InChI is InChI=1S/C57H58N2O5/c1-5-9-16-38(7-3)36-63-56(61)42-26-22-40(23-27-42)44-30-32-47-48-33-31-45(41-24-28-43(29-25-41)57(62)64-37-39(8-4)17-10-6-2)35-51(48)54-53(50(47)34-44)58-55(49-20-14-15-21-52(49)60)59(54)46-18-12-11-13-19-46/h11-15,18-35,38-39,60H,5-10,16-17,36-37H2,1-4H3. The Morgan fingerprint density at radius 3 is 1.56 bits per heavy atom. The van der Waals surface area contributed by atoms with Crippen molar-refractivity contribution in [3.8, 4) is 45.1 Å². The number of unbranched alkanes of at least 4 members (excludes halogenated alkanes) is 2. The number of carbonyl (C=O) groups excluding carboxylic acids is 2. The molecular formula is C57H58N2O5. The summed E-state index contributed by atoms with van der Waals surface area (Å²) in [7, 11) is 0. The smallest absolute Gasteiger partial charge is 0.338 e. The van der Waals surface area contributed by atoms with Gasteiger partial charge in [0.25, 0.3) is 0 Å². The molecule has 0 saturated heterocycles. The van der Waals surface area contributed by atoms with Crippen LogP contribution in [-0.4, -0.2) is 39.8 Å². The lowest BCUT2D eigenvalue weighted by molar-refractivity contribution is 0.0419. The number of esters is 2. The number of imidazole rings is 1. The summed E-state index contributed by atoms with van der Waals surface area (Å²) in [6.45, 7) is 9.54. The van der Waals surface area contributed by atoms with Crippen molar-refractivity contribution in [1.82, 2.24) is 9.55 Å². The molecule has 7 nitrogen and oxygen atoms in total. The maximum Gasteiger partial charge on any atom is 0.338 e. The van der Waals surface area contributed by atoms with E-state index in [0.717, 1.165) is 112 Å². The Kier molecular flexibility index (Phi) is 13.8. The first kappa shape index (κ1) is 43.9. The van der Waals surface area contributed by atoms with E-state index in [4.69, 9.17) is 14.5 Å². The third-order valence-electron chi connectivity index (χ3n) is 12.8. The zero-order valence-corrected chi connectivity index (χ0v) is 37.5. The first-order valence-electron chi connectivity index (χ1n) is 23.1. The highest BCUT2D eigenvalue weighted by molar-refractivity contribution is 6.25. The van der Waals surface area contributed by atoms with Gasteiger partial charge in [0.1, 0.15) is 11.6 Å². The van der Waals surface area contributed by atoms with E-state index in [0.29, 0.717) is 47.6 Å². The van der Waals surface area contributed by atoms with E-state index in [-0.39, 0.29) is 17.7 Å². The SMILES string of the molecule is CCCCC(CC)COC(=O)c1ccc(-c2ccc3c4ccc(-c5ccc(C(=O)OCC(CC)CCCC)cc5)cc4c4c(nc(-c5ccccc5O)n4-c4ccccc4)c3c2)cc1. The molecule has 0 aliphatic heterocycles. The van der Waals surface area contributed by atoms with Gasteiger partial charge in [-0.2, -0.15) is 0 Å². The number of aromatic hydroxyl groups is 1. The molecule has 64 heavy (non-hydrogen) atoms. The van der Waals surface area contributed by atoms with Crippen LogP contribution in [0.3, 0.4) is 0 Å². The molecule has 8 aromatic rings. The van der Waals surface area contributed by atoms with E-state index in [9.17, 15) is 14.7 Å². The Bertz CT molecular complexity index is 2880. The molecule has 0 amide bonds. The highest BCUT2D eigenvalue weighted by Gasteiger charge is 2.23. The van der Waals surface area contributed by atoms with Gasteiger partial charge in [-0.25, -0.2) is 14.6 Å². The van der Waals surface area contributed by atoms with E-state index in [1.54, 1.807) is 6.07 Å². The second-order valence-electron chi connectivity index (χ2n) is 17.0. The summed E-state index contributed by atoms with van der Waals surface area (Å²) in [5.74, 6) is 0.910. The molecule has 0 radical (unpaired) electrons. The van der Waals surface area contributed by atoms with Gasteiger partial charge in [-0.15, -0.1) is 0 Å². The van der Waals surface area contributed by atoms with Crippen molar-refractivity contribution in [2.75, 3.05) is 13.2 Å². The fraction of sp³-hybridized carbons (Fsp3) is 0.281. The lowest BCUT2D eigenvalue weighted by Crippen LogP contribution is -2.14. The minimum absolute atomic E-state index is 0.138. The van der Waals surface area contributed by atoms with Crippen molar-refractivity contribution < 1.29 is 24.2 Å². The zero-order valence-electron chi connectivity index (χ0n) is 37.5. The minimum Gasteiger partial charge on any atom is -0.507 e. The second-order valence-corrected chi connectivity index (χ2v) is 17.0. The number of carbonyl (C=O) groups is 2. The molecule has 7 aromatic carbocycles. The number of hydrogen-bond donors (Lipinski definition) is 1. The fourth-order valence-corrected chi connectivity index (χ4v) is 8.78. The van der Waals surface area contributed by atoms with Crippen LogP contribution in [0.15, 0.2) is 140 Å². The van der Waals surface area contributed by atoms with Gasteiger partial charge < -0.3 is 14.6 Å². The van der Waals surface area contributed by atoms with Gasteiger partial charge >= 0.3 is 11.9 Å². The molecule has 1 heterocycles. The lowest BCUT2D eigenvalue weighted by Gasteiger charge is -2.15. The Hall–Kier alpha value is -6.73. The summed E-state index contributed by atoms with van der Waals surface area (Å²) >= 11 is 0. The number of phenols is 1. The predicted octanol–water partition coefficient (Wildman–Crippen LogP) is 14.8. The van der Waals surface area contributed by atoms with Crippen LogP contribution >= 0.6 is 0 Å². The lowest BCUT2D eigenvalue weighted by atomic mass is 9.93. The first-order valence-corrected chi connectivity index (χ1v) is 23.1. The summed E-state index contributed by atoms with van der Waals surface area (Å²) < 4.78 is 13.7. The van der Waals surface area contributed by atoms with Crippen molar-refractivity contribution in [2.45, 2.75) is 79.1 Å². The molecule has 0 spiro atoms. The summed E-state index contributed by atoms with van der Waals surface area (Å²) in [5, 5.41) is 15.3. The van der Waals surface area contributed by atoms with E-state index in [2.05, 4.69) is 80.8 Å². The topological polar surface area (TPSA) is 90.7 Å². The van der Waals surface area contributed by atoms with Crippen LogP contribution in [-0.2, 0) is 9.47 Å². The Labute approximate surface area is 376 Å². The number of fused-ring (bicyclic) bond motifs is 6. The van der Waals surface area contributed by atoms with Gasteiger partial charge in [-0.05, 0) is 118 Å². The van der Waals surface area contributed by atoms with E-state index < -0.39 is 0 Å². The van der Waals surface area contributed by atoms with Crippen molar-refractivity contribution in [2.24, 2.45) is 11.8 Å². The van der Waals surface area contributed by atoms with Gasteiger partial charge in [-0.3, -0.25) is 4.57 Å². The molecule has 0 saturated carbocycles. The number of benzene rings is 7. The van der Waals surface area contributed by atoms with Crippen molar-refractivity contribution in [3.05, 3.63) is 151 Å². The molecule has 0 aliphatic rings. The van der Waals surface area contributed by atoms with E-state index >= 15 is 0 Å². The molecular weight excluding hydrogens is 793 g/mol. The molecule has 326 valence electrons. The third-order valence-corrected chi connectivity index (χ3v) is 12.8. The molecule has 1 N–H and O–H groups in total. The molecule has 8 rings (SSSR count). The first-order chi connectivity index (χ1) is 31.3. The third kappa shape index (κ3) is 9.30. The van der Waals surface area contributed by atoms with Crippen molar-refractivity contribution in [3.63, 3.8) is 0 Å². The monoisotopic (exact) mass is 850 g/mol. The van der Waals surface area contributed by atoms with Crippen LogP contribution in [0.1, 0.15) is 99.8 Å². The highest BCUT2D eigenvalue weighted by Crippen LogP contribution is 2.43. The molecule has 1 aromatic heterocycles. The Morgan fingerprint density at radius 1 is 0.562 bits per heavy atom. The average Bonchev–Trinajstić information content (AvgIpc) is 3.75. The van der Waals surface area contributed by atoms with E-state index in [1.165, 1.54) is 0 Å². The van der Waals surface area contributed by atoms with E-state index in [1.807, 2.05) is 84.9 Å². The average molecular weight is 851 g/mol. The molecule has 0 fully saturated rings. The normalized spacial score (nSPS) is 12.4. The fourth-order valence-electron chi connectivity index (χ4n) is 8.78. The predicted molar refractivity (Wildman–Crippen MR) is 261 cm³/mol. The summed E-state index contributed by atoms with van der Waals surface area (Å²) in [5.41, 5.74) is 8.20. The number of rotatable bonds is 18. The van der Waals surface area contributed by atoms with Crippen LogP contribution in [0.25, 0.3) is 71.9 Å². The molecule has 0 aliphatic carbocycles. The molecule has 0 bridgehead atoms. The maximum atomic E-state index is 13.1. The van der Waals surface area contributed by atoms with Crippen LogP contribution < -0.4 is 0 Å². The largest absolute Gasteiger partial charge is 0.507 e. The Balaban J connectivity index is 1.22. The van der Waals surface area contributed by atoms with Gasteiger partial charge in [0.15, 0.2) is 0 Å². The number of nitrogens with zero attached hydrogens (tertiary/aromatic N) is 2. The summed E-state index contributed by atoms with van der Waals surface area (Å²) in [4.78, 5) is 31.6. The second kappa shape index (κ2) is 20.2. The quantitative estimate of drug-likeness (QED) is 0.0683. The molecule has 2 atom stereocenters. The van der Waals surface area contributed by atoms with Crippen molar-refractivity contribution >= 4 is 44.5 Å². The number of ether oxygens (including phenoxy) is 2. The summed E-state index contributed by atoms with van der Waals surface area (Å²) in [6, 6.07) is 45.7. The Morgan fingerprint density at radius 2 is 1.05 bits per heavy atom. The summed E-state index contributed by atoms with van der Waals surface area (Å²) in [6.07, 6.45) is 8.63. The molecule has 7 heteroatoms. The van der Waals surface area contributed by atoms with Gasteiger partial charge in [0.2, 0.25) is 0 Å². The van der Waals surface area contributed by atoms with Gasteiger partial charge in [0, 0.05) is 16.5 Å². The van der Waals surface area contributed by atoms with Crippen LogP contribution in [0, 0.1) is 11.8 Å². The number of hydrogen-bond acceptors (Lipinski definition) is 6. The zero-order chi connectivity index (χ0) is 44.6. The van der Waals surface area contributed by atoms with Gasteiger partial charge in [-0.1, -0.05) is 145 Å². The number of para-hydroxylation sites is 2.